The van der Waals surface area contributed by atoms with Gasteiger partial charge in [-0.3, -0.25) is 0 Å². The number of benzene rings is 2. The minimum Gasteiger partial charge on any atom is -0.456 e. The van der Waals surface area contributed by atoms with Crippen LogP contribution >= 0.6 is 0 Å². The number of para-hydroxylation sites is 1. The molecule has 90 valence electrons. The van der Waals surface area contributed by atoms with Gasteiger partial charge in [-0.1, -0.05) is 62.4 Å². The Bertz CT molecular complexity index is 662. The molecule has 2 aromatic carbocycles. The summed E-state index contributed by atoms with van der Waals surface area (Å²) in [5, 5.41) is 1.23. The summed E-state index contributed by atoms with van der Waals surface area (Å²) in [6.07, 6.45) is 0. The molecule has 0 aliphatic rings. The van der Waals surface area contributed by atoms with E-state index in [0.717, 1.165) is 16.9 Å². The number of furan rings is 1. The first kappa shape index (κ1) is 11.1. The molecule has 3 aromatic rings. The Morgan fingerprint density at radius 1 is 0.833 bits per heavy atom. The molecular formula is C17H16O. The standard InChI is InChI=1S/C17H16O/c1-12(2)16-14-10-6-7-11-15(14)18-17(16)13-8-4-3-5-9-13/h3-12H,1-2H3. The average molecular weight is 236 g/mol. The van der Waals surface area contributed by atoms with Gasteiger partial charge in [0, 0.05) is 16.5 Å². The zero-order valence-corrected chi connectivity index (χ0v) is 10.7. The summed E-state index contributed by atoms with van der Waals surface area (Å²) >= 11 is 0. The highest BCUT2D eigenvalue weighted by Crippen LogP contribution is 2.37. The molecule has 1 heteroatoms. The van der Waals surface area contributed by atoms with Gasteiger partial charge in [-0.25, -0.2) is 0 Å². The van der Waals surface area contributed by atoms with E-state index in [1.165, 1.54) is 10.9 Å². The highest BCUT2D eigenvalue weighted by molar-refractivity contribution is 5.88. The van der Waals surface area contributed by atoms with Gasteiger partial charge in [0.15, 0.2) is 0 Å². The third-order valence-electron chi connectivity index (χ3n) is 3.25. The van der Waals surface area contributed by atoms with Crippen LogP contribution in [0, 0.1) is 0 Å². The van der Waals surface area contributed by atoms with E-state index in [2.05, 4.69) is 38.1 Å². The molecule has 0 unspecified atom stereocenters. The fourth-order valence-electron chi connectivity index (χ4n) is 2.44. The van der Waals surface area contributed by atoms with Crippen molar-refractivity contribution in [3.63, 3.8) is 0 Å². The molecule has 3 rings (SSSR count). The largest absolute Gasteiger partial charge is 0.456 e. The molecule has 1 heterocycles. The summed E-state index contributed by atoms with van der Waals surface area (Å²) in [6.45, 7) is 4.42. The lowest BCUT2D eigenvalue weighted by atomic mass is 9.96. The Morgan fingerprint density at radius 2 is 1.50 bits per heavy atom. The van der Waals surface area contributed by atoms with E-state index >= 15 is 0 Å². The van der Waals surface area contributed by atoms with Crippen molar-refractivity contribution >= 4 is 11.0 Å². The predicted molar refractivity (Wildman–Crippen MR) is 75.7 cm³/mol. The molecule has 1 aromatic heterocycles. The first-order valence-electron chi connectivity index (χ1n) is 6.34. The van der Waals surface area contributed by atoms with E-state index in [0.29, 0.717) is 5.92 Å². The summed E-state index contributed by atoms with van der Waals surface area (Å²) in [5.74, 6) is 1.45. The van der Waals surface area contributed by atoms with E-state index in [1.807, 2.05) is 30.3 Å². The van der Waals surface area contributed by atoms with E-state index in [-0.39, 0.29) is 0 Å². The zero-order valence-electron chi connectivity index (χ0n) is 10.7. The third-order valence-corrected chi connectivity index (χ3v) is 3.25. The molecule has 0 spiro atoms. The van der Waals surface area contributed by atoms with E-state index < -0.39 is 0 Å². The molecule has 0 aliphatic heterocycles. The highest BCUT2D eigenvalue weighted by atomic mass is 16.3. The molecule has 0 radical (unpaired) electrons. The van der Waals surface area contributed by atoms with Crippen LogP contribution in [0.4, 0.5) is 0 Å². The van der Waals surface area contributed by atoms with Crippen LogP contribution in [0.2, 0.25) is 0 Å². The molecule has 0 bridgehead atoms. The van der Waals surface area contributed by atoms with Crippen molar-refractivity contribution in [2.24, 2.45) is 0 Å². The van der Waals surface area contributed by atoms with E-state index in [1.54, 1.807) is 0 Å². The van der Waals surface area contributed by atoms with Gasteiger partial charge >= 0.3 is 0 Å². The van der Waals surface area contributed by atoms with Crippen LogP contribution < -0.4 is 0 Å². The summed E-state index contributed by atoms with van der Waals surface area (Å²) in [7, 11) is 0. The molecule has 0 saturated heterocycles. The van der Waals surface area contributed by atoms with Crippen molar-refractivity contribution in [1.82, 2.24) is 0 Å². The van der Waals surface area contributed by atoms with Crippen molar-refractivity contribution in [2.75, 3.05) is 0 Å². The molecule has 0 amide bonds. The number of fused-ring (bicyclic) bond motifs is 1. The highest BCUT2D eigenvalue weighted by Gasteiger charge is 2.17. The van der Waals surface area contributed by atoms with Gasteiger partial charge < -0.3 is 4.42 Å². The van der Waals surface area contributed by atoms with Crippen LogP contribution in [0.5, 0.6) is 0 Å². The van der Waals surface area contributed by atoms with Gasteiger partial charge in [0.25, 0.3) is 0 Å². The first-order chi connectivity index (χ1) is 8.77. The topological polar surface area (TPSA) is 13.1 Å². The number of hydrogen-bond donors (Lipinski definition) is 0. The molecule has 0 fully saturated rings. The second kappa shape index (κ2) is 4.34. The lowest BCUT2D eigenvalue weighted by Gasteiger charge is -2.06. The molecule has 18 heavy (non-hydrogen) atoms. The summed E-state index contributed by atoms with van der Waals surface area (Å²) in [5.41, 5.74) is 3.43. The number of rotatable bonds is 2. The van der Waals surface area contributed by atoms with Crippen LogP contribution in [0.25, 0.3) is 22.3 Å². The maximum absolute atomic E-state index is 6.05. The molecular weight excluding hydrogens is 220 g/mol. The quantitative estimate of drug-likeness (QED) is 0.594. The molecule has 0 atom stereocenters. The van der Waals surface area contributed by atoms with Crippen molar-refractivity contribution < 1.29 is 4.42 Å². The van der Waals surface area contributed by atoms with Gasteiger partial charge in [-0.15, -0.1) is 0 Å². The lowest BCUT2D eigenvalue weighted by molar-refractivity contribution is 0.623. The van der Waals surface area contributed by atoms with Crippen molar-refractivity contribution in [3.05, 3.63) is 60.2 Å². The van der Waals surface area contributed by atoms with E-state index in [9.17, 15) is 0 Å². The van der Waals surface area contributed by atoms with Gasteiger partial charge in [0.1, 0.15) is 11.3 Å². The van der Waals surface area contributed by atoms with Crippen molar-refractivity contribution in [1.29, 1.82) is 0 Å². The van der Waals surface area contributed by atoms with Gasteiger partial charge in [-0.05, 0) is 12.0 Å². The summed E-state index contributed by atoms with van der Waals surface area (Å²) in [4.78, 5) is 0. The molecule has 1 nitrogen and oxygen atoms in total. The maximum atomic E-state index is 6.05. The summed E-state index contributed by atoms with van der Waals surface area (Å²) < 4.78 is 6.05. The van der Waals surface area contributed by atoms with Crippen LogP contribution in [0.15, 0.2) is 59.0 Å². The second-order valence-electron chi connectivity index (χ2n) is 4.86. The Hall–Kier alpha value is -2.02. The van der Waals surface area contributed by atoms with Gasteiger partial charge in [0.05, 0.1) is 0 Å². The van der Waals surface area contributed by atoms with Crippen molar-refractivity contribution in [3.8, 4) is 11.3 Å². The molecule has 0 N–H and O–H groups in total. The normalized spacial score (nSPS) is 11.3. The summed E-state index contributed by atoms with van der Waals surface area (Å²) in [6, 6.07) is 18.6. The first-order valence-corrected chi connectivity index (χ1v) is 6.34. The monoisotopic (exact) mass is 236 g/mol. The maximum Gasteiger partial charge on any atom is 0.138 e. The van der Waals surface area contributed by atoms with Crippen LogP contribution in [-0.2, 0) is 0 Å². The Kier molecular flexibility index (Phi) is 2.67. The van der Waals surface area contributed by atoms with Gasteiger partial charge in [-0.2, -0.15) is 0 Å². The fraction of sp³-hybridized carbons (Fsp3) is 0.176. The van der Waals surface area contributed by atoms with Crippen molar-refractivity contribution in [2.45, 2.75) is 19.8 Å². The Balaban J connectivity index is 2.32. The van der Waals surface area contributed by atoms with Crippen LogP contribution in [0.1, 0.15) is 25.3 Å². The molecule has 0 saturated carbocycles. The minimum atomic E-state index is 0.448. The Morgan fingerprint density at radius 3 is 2.22 bits per heavy atom. The lowest BCUT2D eigenvalue weighted by Crippen LogP contribution is -1.88. The fourth-order valence-corrected chi connectivity index (χ4v) is 2.44. The second-order valence-corrected chi connectivity index (χ2v) is 4.86. The van der Waals surface area contributed by atoms with Crippen LogP contribution in [-0.4, -0.2) is 0 Å². The van der Waals surface area contributed by atoms with Crippen LogP contribution in [0.3, 0.4) is 0 Å². The molecule has 0 aliphatic carbocycles. The smallest absolute Gasteiger partial charge is 0.138 e. The van der Waals surface area contributed by atoms with E-state index in [4.69, 9.17) is 4.42 Å². The minimum absolute atomic E-state index is 0.448. The third kappa shape index (κ3) is 1.72. The van der Waals surface area contributed by atoms with Gasteiger partial charge in [0.2, 0.25) is 0 Å². The SMILES string of the molecule is CC(C)c1c(-c2ccccc2)oc2ccccc12. The average Bonchev–Trinajstić information content (AvgIpc) is 2.79. The predicted octanol–water partition coefficient (Wildman–Crippen LogP) is 5.22. The number of hydrogen-bond acceptors (Lipinski definition) is 1. The Labute approximate surface area is 107 Å². The zero-order chi connectivity index (χ0) is 12.5.